The minimum absolute atomic E-state index is 0.441. The Hall–Kier alpha value is -1.31. The molecule has 0 aromatic heterocycles. The van der Waals surface area contributed by atoms with Crippen LogP contribution in [0.2, 0.25) is 0 Å². The van der Waals surface area contributed by atoms with E-state index < -0.39 is 0 Å². The normalized spacial score (nSPS) is 20.1. The van der Waals surface area contributed by atoms with Gasteiger partial charge in [-0.3, -0.25) is 4.79 Å². The Morgan fingerprint density at radius 2 is 2.29 bits per heavy atom. The Morgan fingerprint density at radius 1 is 1.36 bits per heavy atom. The molecule has 0 heterocycles. The summed E-state index contributed by atoms with van der Waals surface area (Å²) in [5.74, 6) is 0. The van der Waals surface area contributed by atoms with Gasteiger partial charge in [-0.25, -0.2) is 0 Å². The Labute approximate surface area is 83.9 Å². The molecule has 0 fully saturated rings. The van der Waals surface area contributed by atoms with E-state index in [1.54, 1.807) is 0 Å². The fourth-order valence-corrected chi connectivity index (χ4v) is 2.11. The van der Waals surface area contributed by atoms with Crippen LogP contribution < -0.4 is 0 Å². The monoisotopic (exact) mass is 190 g/mol. The van der Waals surface area contributed by atoms with Gasteiger partial charge in [-0.1, -0.05) is 18.2 Å². The van der Waals surface area contributed by atoms with Crippen LogP contribution in [0.3, 0.4) is 0 Å². The zero-order valence-corrected chi connectivity index (χ0v) is 8.16. The number of rotatable bonds is 3. The lowest BCUT2D eigenvalue weighted by Gasteiger charge is -2.22. The smallest absolute Gasteiger partial charge is 0.293 e. The van der Waals surface area contributed by atoms with Crippen molar-refractivity contribution in [1.29, 1.82) is 0 Å². The standard InChI is InChI=1S/C12H14O2/c13-9-14-8-11-6-3-5-10-4-1-2-7-12(10)11/h1,4,6,9H,2-3,5,7-8H2. The zero-order chi connectivity index (χ0) is 9.80. The lowest BCUT2D eigenvalue weighted by Crippen LogP contribution is -2.08. The number of carbonyl (C=O) groups excluding carboxylic acids is 1. The predicted octanol–water partition coefficient (Wildman–Crippen LogP) is 2.53. The third-order valence-electron chi connectivity index (χ3n) is 2.77. The minimum atomic E-state index is 0.441. The molecule has 0 aliphatic heterocycles. The van der Waals surface area contributed by atoms with E-state index in [9.17, 15) is 4.79 Å². The van der Waals surface area contributed by atoms with Crippen LogP contribution in [0.4, 0.5) is 0 Å². The molecule has 2 aliphatic rings. The molecule has 0 spiro atoms. The van der Waals surface area contributed by atoms with Gasteiger partial charge in [-0.2, -0.15) is 0 Å². The van der Waals surface area contributed by atoms with E-state index >= 15 is 0 Å². The Kier molecular flexibility index (Phi) is 2.82. The molecule has 14 heavy (non-hydrogen) atoms. The summed E-state index contributed by atoms with van der Waals surface area (Å²) >= 11 is 0. The van der Waals surface area contributed by atoms with Crippen LogP contribution in [0.25, 0.3) is 0 Å². The van der Waals surface area contributed by atoms with E-state index in [1.807, 2.05) is 0 Å². The third-order valence-corrected chi connectivity index (χ3v) is 2.77. The molecule has 0 unspecified atom stereocenters. The SMILES string of the molecule is O=COCC1=CCCC2=C1CCC=C2. The lowest BCUT2D eigenvalue weighted by molar-refractivity contribution is -0.127. The molecule has 2 nitrogen and oxygen atoms in total. The highest BCUT2D eigenvalue weighted by Crippen LogP contribution is 2.32. The van der Waals surface area contributed by atoms with Crippen LogP contribution in [-0.2, 0) is 9.53 Å². The van der Waals surface area contributed by atoms with Gasteiger partial charge in [0.25, 0.3) is 6.47 Å². The minimum Gasteiger partial charge on any atom is -0.463 e. The molecule has 0 N–H and O–H groups in total. The Bertz CT molecular complexity index is 321. The summed E-state index contributed by atoms with van der Waals surface area (Å²) in [7, 11) is 0. The topological polar surface area (TPSA) is 26.3 Å². The zero-order valence-electron chi connectivity index (χ0n) is 8.16. The highest BCUT2D eigenvalue weighted by molar-refractivity contribution is 5.47. The highest BCUT2D eigenvalue weighted by atomic mass is 16.5. The van der Waals surface area contributed by atoms with Crippen molar-refractivity contribution in [3.05, 3.63) is 34.9 Å². The van der Waals surface area contributed by atoms with Gasteiger partial charge in [0.15, 0.2) is 0 Å². The van der Waals surface area contributed by atoms with Gasteiger partial charge < -0.3 is 4.74 Å². The van der Waals surface area contributed by atoms with Gasteiger partial charge in [-0.05, 0) is 42.4 Å². The molecule has 0 saturated heterocycles. The van der Waals surface area contributed by atoms with E-state index in [0.29, 0.717) is 13.1 Å². The number of carbonyl (C=O) groups is 1. The van der Waals surface area contributed by atoms with E-state index in [-0.39, 0.29) is 0 Å². The van der Waals surface area contributed by atoms with E-state index in [2.05, 4.69) is 18.2 Å². The number of hydrogen-bond acceptors (Lipinski definition) is 2. The summed E-state index contributed by atoms with van der Waals surface area (Å²) in [6.45, 7) is 0.963. The van der Waals surface area contributed by atoms with Crippen LogP contribution in [0.5, 0.6) is 0 Å². The van der Waals surface area contributed by atoms with Gasteiger partial charge >= 0.3 is 0 Å². The lowest BCUT2D eigenvalue weighted by atomic mass is 9.85. The summed E-state index contributed by atoms with van der Waals surface area (Å²) in [6.07, 6.45) is 11.0. The molecule has 0 aromatic rings. The van der Waals surface area contributed by atoms with Crippen LogP contribution in [0.1, 0.15) is 25.7 Å². The maximum absolute atomic E-state index is 10.1. The van der Waals surface area contributed by atoms with Crippen molar-refractivity contribution >= 4 is 6.47 Å². The molecule has 74 valence electrons. The average Bonchev–Trinajstić information content (AvgIpc) is 2.26. The molecule has 0 atom stereocenters. The molecule has 0 radical (unpaired) electrons. The van der Waals surface area contributed by atoms with Gasteiger partial charge in [0.05, 0.1) is 0 Å². The molecule has 0 aromatic carbocycles. The van der Waals surface area contributed by atoms with E-state index in [0.717, 1.165) is 25.7 Å². The number of hydrogen-bond donors (Lipinski definition) is 0. The largest absolute Gasteiger partial charge is 0.463 e. The van der Waals surface area contributed by atoms with Gasteiger partial charge in [0, 0.05) is 0 Å². The Morgan fingerprint density at radius 3 is 3.14 bits per heavy atom. The predicted molar refractivity (Wildman–Crippen MR) is 54.7 cm³/mol. The van der Waals surface area contributed by atoms with Gasteiger partial charge in [0.2, 0.25) is 0 Å². The van der Waals surface area contributed by atoms with Gasteiger partial charge in [0.1, 0.15) is 6.61 Å². The summed E-state index contributed by atoms with van der Waals surface area (Å²) in [4.78, 5) is 10.1. The average molecular weight is 190 g/mol. The van der Waals surface area contributed by atoms with E-state index in [1.165, 1.54) is 16.7 Å². The first-order chi connectivity index (χ1) is 6.92. The fraction of sp³-hybridized carbons (Fsp3) is 0.417. The number of allylic oxidation sites excluding steroid dienone is 4. The quantitative estimate of drug-likeness (QED) is 0.639. The molecular weight excluding hydrogens is 176 g/mol. The second-order valence-corrected chi connectivity index (χ2v) is 3.62. The first-order valence-electron chi connectivity index (χ1n) is 5.05. The van der Waals surface area contributed by atoms with Crippen molar-refractivity contribution < 1.29 is 9.53 Å². The fourth-order valence-electron chi connectivity index (χ4n) is 2.11. The molecule has 2 heteroatoms. The summed E-state index contributed by atoms with van der Waals surface area (Å²) in [5, 5.41) is 0. The van der Waals surface area contributed by atoms with Gasteiger partial charge in [-0.15, -0.1) is 0 Å². The molecule has 0 amide bonds. The van der Waals surface area contributed by atoms with Crippen molar-refractivity contribution in [2.24, 2.45) is 0 Å². The van der Waals surface area contributed by atoms with Crippen molar-refractivity contribution in [3.8, 4) is 0 Å². The molecule has 0 bridgehead atoms. The molecule has 2 rings (SSSR count). The van der Waals surface area contributed by atoms with Crippen LogP contribution in [0.15, 0.2) is 34.9 Å². The summed E-state index contributed by atoms with van der Waals surface area (Å²) < 4.78 is 4.81. The van der Waals surface area contributed by atoms with Crippen LogP contribution in [-0.4, -0.2) is 13.1 Å². The van der Waals surface area contributed by atoms with Crippen LogP contribution >= 0.6 is 0 Å². The highest BCUT2D eigenvalue weighted by Gasteiger charge is 2.16. The molecule has 2 aliphatic carbocycles. The summed E-state index contributed by atoms with van der Waals surface area (Å²) in [6, 6.07) is 0. The Balaban J connectivity index is 2.15. The number of ether oxygens (including phenoxy) is 1. The van der Waals surface area contributed by atoms with Crippen molar-refractivity contribution in [3.63, 3.8) is 0 Å². The first-order valence-corrected chi connectivity index (χ1v) is 5.05. The second kappa shape index (κ2) is 4.27. The third kappa shape index (κ3) is 1.79. The molecular formula is C12H14O2. The van der Waals surface area contributed by atoms with E-state index in [4.69, 9.17) is 4.74 Å². The second-order valence-electron chi connectivity index (χ2n) is 3.62. The summed E-state index contributed by atoms with van der Waals surface area (Å²) in [5.41, 5.74) is 4.05. The van der Waals surface area contributed by atoms with Crippen molar-refractivity contribution in [2.75, 3.05) is 6.61 Å². The maximum Gasteiger partial charge on any atom is 0.293 e. The molecule has 0 saturated carbocycles. The van der Waals surface area contributed by atoms with Crippen LogP contribution in [0, 0.1) is 0 Å². The van der Waals surface area contributed by atoms with Crippen molar-refractivity contribution in [2.45, 2.75) is 25.7 Å². The first kappa shape index (κ1) is 9.25. The van der Waals surface area contributed by atoms with Crippen molar-refractivity contribution in [1.82, 2.24) is 0 Å². The maximum atomic E-state index is 10.1.